The summed E-state index contributed by atoms with van der Waals surface area (Å²) in [6, 6.07) is 0. The van der Waals surface area contributed by atoms with Crippen molar-refractivity contribution in [2.75, 3.05) is 0 Å². The number of rotatable bonds is 11. The highest BCUT2D eigenvalue weighted by Crippen LogP contribution is 2.65. The average molecular weight is 644 g/mol. The topological polar surface area (TPSA) is 0 Å². The fraction of sp³-hybridized carbons (Fsp3) is 1.00. The number of alkyl halides is 18. The predicted octanol–water partition coefficient (Wildman–Crippen LogP) is 8.63. The van der Waals surface area contributed by atoms with Gasteiger partial charge in [0.2, 0.25) is 0 Å². The average Bonchev–Trinajstić information content (AvgIpc) is 2.60. The molecule has 0 aromatic carbocycles. The maximum absolute atomic E-state index is 14.2. The van der Waals surface area contributed by atoms with E-state index in [0.29, 0.717) is 6.92 Å². The van der Waals surface area contributed by atoms with Gasteiger partial charge in [-0.1, -0.05) is 42.9 Å². The second kappa shape index (κ2) is 9.20. The lowest BCUT2D eigenvalue weighted by Gasteiger charge is -2.44. The molecule has 200 valence electrons. The molecule has 0 aliphatic carbocycles. The summed E-state index contributed by atoms with van der Waals surface area (Å²) in [5, 5.41) is 0. The Bertz CT molecular complexity index is 666. The Kier molecular flexibility index (Phi) is 9.07. The summed E-state index contributed by atoms with van der Waals surface area (Å²) in [6.45, 7) is 1.97. The highest BCUT2D eigenvalue weighted by atomic mass is 127. The van der Waals surface area contributed by atoms with E-state index in [9.17, 15) is 74.6 Å². The maximum Gasteiger partial charge on any atom is 0.460 e. The molecule has 0 spiro atoms. The summed E-state index contributed by atoms with van der Waals surface area (Å²) in [7, 11) is 0. The number of halogens is 18. The van der Waals surface area contributed by atoms with Crippen LogP contribution in [0, 0.1) is 5.92 Å². The smallest absolute Gasteiger partial charge is 0.199 e. The quantitative estimate of drug-likeness (QED) is 0.120. The maximum atomic E-state index is 14.2. The van der Waals surface area contributed by atoms with Crippen molar-refractivity contribution in [2.45, 2.75) is 84.7 Å². The number of hydrogen-bond acceptors (Lipinski definition) is 0. The molecule has 0 aromatic heterocycles. The van der Waals surface area contributed by atoms with E-state index in [0.717, 1.165) is 22.6 Å². The van der Waals surface area contributed by atoms with E-state index >= 15 is 0 Å². The minimum Gasteiger partial charge on any atom is -0.199 e. The van der Waals surface area contributed by atoms with Crippen LogP contribution in [0.4, 0.5) is 74.6 Å². The van der Waals surface area contributed by atoms with E-state index < -0.39 is 70.3 Å². The highest BCUT2D eigenvalue weighted by molar-refractivity contribution is 14.1. The summed E-state index contributed by atoms with van der Waals surface area (Å²) in [5.41, 5.74) is 0. The fourth-order valence-corrected chi connectivity index (χ4v) is 4.21. The third-order valence-corrected chi connectivity index (χ3v) is 6.14. The molecule has 0 aliphatic heterocycles. The first kappa shape index (κ1) is 32.5. The van der Waals surface area contributed by atoms with Gasteiger partial charge >= 0.3 is 47.6 Å². The molecule has 2 unspecified atom stereocenters. The SMILES string of the molecule is CCCC(I)C(CC)C(F)(F)C(F)(F)C(F)(F)C(F)(F)C(F)(F)C(F)(F)C(F)(F)C(F)(F)F. The summed E-state index contributed by atoms with van der Waals surface area (Å²) in [6.07, 6.45) is -9.37. The molecule has 0 radical (unpaired) electrons. The highest BCUT2D eigenvalue weighted by Gasteiger charge is 2.95. The zero-order valence-corrected chi connectivity index (χ0v) is 18.2. The Balaban J connectivity index is 6.81. The molecule has 0 fully saturated rings. The van der Waals surface area contributed by atoms with E-state index in [1.807, 2.05) is 0 Å². The summed E-state index contributed by atoms with van der Waals surface area (Å²) in [4.78, 5) is 0. The molecule has 0 saturated carbocycles. The van der Waals surface area contributed by atoms with Crippen LogP contribution < -0.4 is 0 Å². The van der Waals surface area contributed by atoms with E-state index in [1.165, 1.54) is 6.92 Å². The van der Waals surface area contributed by atoms with Gasteiger partial charge in [0.1, 0.15) is 0 Å². The zero-order valence-electron chi connectivity index (χ0n) is 16.1. The molecule has 0 aliphatic rings. The summed E-state index contributed by atoms with van der Waals surface area (Å²) in [5.74, 6) is -58.8. The summed E-state index contributed by atoms with van der Waals surface area (Å²) < 4.78 is 224. The molecule has 0 saturated heterocycles. The van der Waals surface area contributed by atoms with Crippen molar-refractivity contribution in [3.05, 3.63) is 0 Å². The van der Waals surface area contributed by atoms with E-state index in [-0.39, 0.29) is 6.42 Å². The molecular formula is C15H14F17I. The largest absolute Gasteiger partial charge is 0.460 e. The third kappa shape index (κ3) is 4.58. The Morgan fingerprint density at radius 1 is 0.515 bits per heavy atom. The van der Waals surface area contributed by atoms with Crippen molar-refractivity contribution in [3.8, 4) is 0 Å². The second-order valence-corrected chi connectivity index (χ2v) is 8.49. The standard InChI is InChI=1S/C15H14F17I/c1-3-5-7(33)6(4-2)8(16,17)9(18,19)10(20,21)11(22,23)12(24,25)13(26,27)14(28,29)15(30,31)32/h6-7H,3-5H2,1-2H3. The zero-order chi connectivity index (χ0) is 27.3. The van der Waals surface area contributed by atoms with Crippen LogP contribution in [0.5, 0.6) is 0 Å². The Labute approximate surface area is 188 Å². The Morgan fingerprint density at radius 3 is 1.09 bits per heavy atom. The molecule has 0 N–H and O–H groups in total. The summed E-state index contributed by atoms with van der Waals surface area (Å²) >= 11 is 1.03. The van der Waals surface area contributed by atoms with Gasteiger partial charge in [0, 0.05) is 9.84 Å². The third-order valence-electron chi connectivity index (χ3n) is 4.65. The molecule has 0 heterocycles. The van der Waals surface area contributed by atoms with Crippen molar-refractivity contribution < 1.29 is 74.6 Å². The molecule has 33 heavy (non-hydrogen) atoms. The van der Waals surface area contributed by atoms with E-state index in [2.05, 4.69) is 0 Å². The van der Waals surface area contributed by atoms with Crippen molar-refractivity contribution in [1.29, 1.82) is 0 Å². The van der Waals surface area contributed by atoms with Gasteiger partial charge in [-0.05, 0) is 12.8 Å². The van der Waals surface area contributed by atoms with Crippen LogP contribution in [0.15, 0.2) is 0 Å². The van der Waals surface area contributed by atoms with Crippen LogP contribution in [0.25, 0.3) is 0 Å². The first-order valence-electron chi connectivity index (χ1n) is 8.53. The van der Waals surface area contributed by atoms with E-state index in [4.69, 9.17) is 0 Å². The van der Waals surface area contributed by atoms with Gasteiger partial charge < -0.3 is 0 Å². The molecule has 0 nitrogen and oxygen atoms in total. The lowest BCUT2D eigenvalue weighted by Crippen LogP contribution is -2.75. The fourth-order valence-electron chi connectivity index (χ4n) is 2.63. The molecular weight excluding hydrogens is 630 g/mol. The first-order chi connectivity index (χ1) is 14.2. The normalized spacial score (nSPS) is 17.8. The van der Waals surface area contributed by atoms with Gasteiger partial charge in [0.05, 0.1) is 0 Å². The first-order valence-corrected chi connectivity index (χ1v) is 9.78. The van der Waals surface area contributed by atoms with Crippen LogP contribution >= 0.6 is 22.6 Å². The molecule has 0 bridgehead atoms. The van der Waals surface area contributed by atoms with Gasteiger partial charge in [-0.15, -0.1) is 0 Å². The van der Waals surface area contributed by atoms with Crippen molar-refractivity contribution in [1.82, 2.24) is 0 Å². The van der Waals surface area contributed by atoms with Crippen LogP contribution in [0.1, 0.15) is 33.1 Å². The molecule has 18 heteroatoms. The predicted molar refractivity (Wildman–Crippen MR) is 87.2 cm³/mol. The van der Waals surface area contributed by atoms with Crippen LogP contribution in [-0.2, 0) is 0 Å². The van der Waals surface area contributed by atoms with Gasteiger partial charge in [-0.2, -0.15) is 74.6 Å². The minimum absolute atomic E-state index is 0.0465. The van der Waals surface area contributed by atoms with Crippen molar-refractivity contribution in [3.63, 3.8) is 0 Å². The molecule has 0 aromatic rings. The van der Waals surface area contributed by atoms with Crippen LogP contribution in [-0.4, -0.2) is 51.6 Å². The Hall–Kier alpha value is -0.460. The van der Waals surface area contributed by atoms with E-state index in [1.54, 1.807) is 0 Å². The van der Waals surface area contributed by atoms with Crippen LogP contribution in [0.3, 0.4) is 0 Å². The van der Waals surface area contributed by atoms with Gasteiger partial charge in [-0.3, -0.25) is 0 Å². The molecule has 0 rings (SSSR count). The Morgan fingerprint density at radius 2 is 0.818 bits per heavy atom. The lowest BCUT2D eigenvalue weighted by molar-refractivity contribution is -0.463. The van der Waals surface area contributed by atoms with Gasteiger partial charge in [0.25, 0.3) is 0 Å². The van der Waals surface area contributed by atoms with Crippen molar-refractivity contribution in [2.24, 2.45) is 5.92 Å². The molecule has 2 atom stereocenters. The number of hydrogen-bond donors (Lipinski definition) is 0. The van der Waals surface area contributed by atoms with Gasteiger partial charge in [0.15, 0.2) is 0 Å². The lowest BCUT2D eigenvalue weighted by atomic mass is 9.82. The minimum atomic E-state index is -8.59. The van der Waals surface area contributed by atoms with Crippen molar-refractivity contribution >= 4 is 22.6 Å². The van der Waals surface area contributed by atoms with Crippen LogP contribution in [0.2, 0.25) is 0 Å². The second-order valence-electron chi connectivity index (χ2n) is 6.89. The van der Waals surface area contributed by atoms with Gasteiger partial charge in [-0.25, -0.2) is 0 Å². The molecule has 0 amide bonds. The monoisotopic (exact) mass is 644 g/mol.